The van der Waals surface area contributed by atoms with E-state index in [4.69, 9.17) is 0 Å². The first-order chi connectivity index (χ1) is 13.4. The molecule has 0 bridgehead atoms. The van der Waals surface area contributed by atoms with Crippen LogP contribution < -0.4 is 15.1 Å². The zero-order valence-electron chi connectivity index (χ0n) is 16.0. The summed E-state index contributed by atoms with van der Waals surface area (Å²) < 4.78 is 0. The lowest BCUT2D eigenvalue weighted by atomic mass is 10.1. The third kappa shape index (κ3) is 4.01. The van der Waals surface area contributed by atoms with Gasteiger partial charge in [-0.3, -0.25) is 14.9 Å². The Balaban J connectivity index is 1.84. The number of nitrogens with zero attached hydrogens (tertiary/aromatic N) is 2. The van der Waals surface area contributed by atoms with Crippen LogP contribution >= 0.6 is 0 Å². The zero-order chi connectivity index (χ0) is 20.3. The summed E-state index contributed by atoms with van der Waals surface area (Å²) in [7, 11) is 3.92. The molecule has 142 valence electrons. The number of hydrogen-bond donors (Lipinski definition) is 1. The van der Waals surface area contributed by atoms with Gasteiger partial charge in [0.2, 0.25) is 0 Å². The Morgan fingerprint density at radius 2 is 1.71 bits per heavy atom. The normalized spacial score (nSPS) is 16.0. The first kappa shape index (κ1) is 19.1. The lowest BCUT2D eigenvalue weighted by molar-refractivity contribution is -0.122. The number of imide groups is 2. The molecule has 2 aromatic carbocycles. The predicted molar refractivity (Wildman–Crippen MR) is 110 cm³/mol. The van der Waals surface area contributed by atoms with Crippen molar-refractivity contribution in [1.82, 2.24) is 5.32 Å². The number of amides is 4. The van der Waals surface area contributed by atoms with Crippen LogP contribution in [0.25, 0.3) is 6.08 Å². The highest BCUT2D eigenvalue weighted by Crippen LogP contribution is 2.21. The Morgan fingerprint density at radius 3 is 2.36 bits per heavy atom. The van der Waals surface area contributed by atoms with Crippen LogP contribution in [0.4, 0.5) is 16.2 Å². The van der Waals surface area contributed by atoms with Crippen molar-refractivity contribution >= 4 is 35.3 Å². The number of carbonyl (C=O) groups excluding carboxylic acids is 3. The van der Waals surface area contributed by atoms with Gasteiger partial charge in [0.1, 0.15) is 5.57 Å². The topological polar surface area (TPSA) is 69.7 Å². The maximum atomic E-state index is 12.8. The lowest BCUT2D eigenvalue weighted by Gasteiger charge is -2.26. The van der Waals surface area contributed by atoms with Gasteiger partial charge in [-0.15, -0.1) is 0 Å². The minimum Gasteiger partial charge on any atom is -0.378 e. The van der Waals surface area contributed by atoms with Crippen molar-refractivity contribution in [2.45, 2.75) is 6.92 Å². The molecule has 0 unspecified atom stereocenters. The monoisotopic (exact) mass is 375 g/mol. The Bertz CT molecular complexity index is 988. The Hall–Kier alpha value is -3.67. The van der Waals surface area contributed by atoms with Crippen molar-refractivity contribution < 1.29 is 14.4 Å². The van der Waals surface area contributed by atoms with Crippen molar-refractivity contribution in [2.24, 2.45) is 0 Å². The number of anilines is 2. The molecule has 0 aromatic heterocycles. The van der Waals surface area contributed by atoms with E-state index in [1.165, 1.54) is 6.08 Å². The fourth-order valence-corrected chi connectivity index (χ4v) is 2.82. The molecule has 1 heterocycles. The van der Waals surface area contributed by atoms with Gasteiger partial charge < -0.3 is 4.90 Å². The molecule has 0 radical (unpaired) electrons. The van der Waals surface area contributed by atoms with E-state index >= 15 is 0 Å². The van der Waals surface area contributed by atoms with Gasteiger partial charge in [0, 0.05) is 19.8 Å². The fourth-order valence-electron chi connectivity index (χ4n) is 2.82. The molecule has 6 heteroatoms. The second-order valence-electron chi connectivity index (χ2n) is 6.66. The molecule has 1 aliphatic rings. The fraction of sp³-hybridized carbons (Fsp3) is 0.136. The summed E-state index contributed by atoms with van der Waals surface area (Å²) in [4.78, 5) is 40.0. The average Bonchev–Trinajstić information content (AvgIpc) is 2.64. The van der Waals surface area contributed by atoms with Crippen LogP contribution in [0.2, 0.25) is 0 Å². The van der Waals surface area contributed by atoms with Gasteiger partial charge in [-0.25, -0.2) is 9.69 Å². The molecule has 0 saturated carbocycles. The van der Waals surface area contributed by atoms with Gasteiger partial charge in [-0.2, -0.15) is 0 Å². The van der Waals surface area contributed by atoms with Crippen molar-refractivity contribution in [1.29, 1.82) is 0 Å². The largest absolute Gasteiger partial charge is 0.378 e. The average molecular weight is 375 g/mol. The number of aryl methyl sites for hydroxylation is 1. The smallest absolute Gasteiger partial charge is 0.335 e. The van der Waals surface area contributed by atoms with E-state index in [2.05, 4.69) is 5.32 Å². The van der Waals surface area contributed by atoms with Crippen molar-refractivity contribution in [3.63, 3.8) is 0 Å². The molecule has 4 amide bonds. The van der Waals surface area contributed by atoms with Crippen molar-refractivity contribution in [3.8, 4) is 0 Å². The van der Waals surface area contributed by atoms with Gasteiger partial charge in [-0.1, -0.05) is 36.4 Å². The summed E-state index contributed by atoms with van der Waals surface area (Å²) in [6.07, 6.45) is 4.84. The Labute approximate surface area is 163 Å². The molecule has 1 aliphatic heterocycles. The maximum absolute atomic E-state index is 12.8. The van der Waals surface area contributed by atoms with Crippen LogP contribution in [0.3, 0.4) is 0 Å². The molecular formula is C22H21N3O3. The van der Waals surface area contributed by atoms with Gasteiger partial charge in [0.15, 0.2) is 0 Å². The third-order valence-corrected chi connectivity index (χ3v) is 4.32. The number of hydrogen-bond acceptors (Lipinski definition) is 4. The lowest BCUT2D eigenvalue weighted by Crippen LogP contribution is -2.54. The number of allylic oxidation sites excluding steroid dienone is 2. The zero-order valence-corrected chi connectivity index (χ0v) is 16.0. The minimum absolute atomic E-state index is 0.0951. The van der Waals surface area contributed by atoms with Gasteiger partial charge >= 0.3 is 6.03 Å². The van der Waals surface area contributed by atoms with E-state index in [0.29, 0.717) is 5.69 Å². The molecule has 6 nitrogen and oxygen atoms in total. The van der Waals surface area contributed by atoms with Gasteiger partial charge in [-0.05, 0) is 48.4 Å². The second-order valence-corrected chi connectivity index (χ2v) is 6.66. The highest BCUT2D eigenvalue weighted by Gasteiger charge is 2.36. The molecule has 1 saturated heterocycles. The van der Waals surface area contributed by atoms with Crippen molar-refractivity contribution in [3.05, 3.63) is 77.4 Å². The second kappa shape index (κ2) is 7.92. The summed E-state index contributed by atoms with van der Waals surface area (Å²) in [5, 5.41) is 2.22. The number of barbiturate groups is 1. The van der Waals surface area contributed by atoms with Gasteiger partial charge in [0.25, 0.3) is 11.8 Å². The summed E-state index contributed by atoms with van der Waals surface area (Å²) in [6, 6.07) is 14.1. The van der Waals surface area contributed by atoms with Crippen LogP contribution in [0.15, 0.2) is 66.3 Å². The van der Waals surface area contributed by atoms with E-state index in [1.807, 2.05) is 56.3 Å². The van der Waals surface area contributed by atoms with E-state index < -0.39 is 17.8 Å². The highest BCUT2D eigenvalue weighted by molar-refractivity contribution is 6.37. The first-order valence-electron chi connectivity index (χ1n) is 8.79. The maximum Gasteiger partial charge on any atom is 0.335 e. The van der Waals surface area contributed by atoms with Gasteiger partial charge in [0.05, 0.1) is 5.69 Å². The van der Waals surface area contributed by atoms with Crippen LogP contribution in [-0.4, -0.2) is 31.9 Å². The number of rotatable bonds is 4. The molecule has 1 N–H and O–H groups in total. The first-order valence-corrected chi connectivity index (χ1v) is 8.79. The summed E-state index contributed by atoms with van der Waals surface area (Å²) in [5.74, 6) is -1.35. The van der Waals surface area contributed by atoms with Crippen LogP contribution in [-0.2, 0) is 9.59 Å². The summed E-state index contributed by atoms with van der Waals surface area (Å²) >= 11 is 0. The molecule has 28 heavy (non-hydrogen) atoms. The Morgan fingerprint density at radius 1 is 1.00 bits per heavy atom. The highest BCUT2D eigenvalue weighted by atomic mass is 16.2. The number of benzene rings is 2. The quantitative estimate of drug-likeness (QED) is 0.658. The summed E-state index contributed by atoms with van der Waals surface area (Å²) in [6.45, 7) is 1.86. The number of urea groups is 1. The standard InChI is InChI=1S/C22H21N3O3/c1-15-6-4-8-18(14-15)25-21(27)19(20(26)23-22(25)28)9-5-7-16-10-12-17(13-11-16)24(2)3/h4-14H,1-3H3,(H,23,26,28)/b7-5-,19-9-. The molecule has 2 aromatic rings. The van der Waals surface area contributed by atoms with E-state index in [-0.39, 0.29) is 5.57 Å². The third-order valence-electron chi connectivity index (χ3n) is 4.32. The van der Waals surface area contributed by atoms with Crippen LogP contribution in [0.5, 0.6) is 0 Å². The van der Waals surface area contributed by atoms with Crippen molar-refractivity contribution in [2.75, 3.05) is 23.9 Å². The summed E-state index contributed by atoms with van der Waals surface area (Å²) in [5.41, 5.74) is 3.23. The SMILES string of the molecule is Cc1cccc(N2C(=O)NC(=O)/C(=C/C=C\c3ccc(N(C)C)cc3)C2=O)c1. The molecule has 0 spiro atoms. The van der Waals surface area contributed by atoms with E-state index in [0.717, 1.165) is 21.7 Å². The van der Waals surface area contributed by atoms with Crippen LogP contribution in [0.1, 0.15) is 11.1 Å². The predicted octanol–water partition coefficient (Wildman–Crippen LogP) is 3.28. The molecule has 1 fully saturated rings. The molecule has 0 atom stereocenters. The molecular weight excluding hydrogens is 354 g/mol. The van der Waals surface area contributed by atoms with E-state index in [1.54, 1.807) is 30.4 Å². The number of nitrogens with one attached hydrogen (secondary N) is 1. The Kier molecular flexibility index (Phi) is 5.40. The van der Waals surface area contributed by atoms with Crippen LogP contribution in [0, 0.1) is 6.92 Å². The molecule has 0 aliphatic carbocycles. The number of carbonyl (C=O) groups is 3. The molecule has 3 rings (SSSR count). The van der Waals surface area contributed by atoms with E-state index in [9.17, 15) is 14.4 Å². The minimum atomic E-state index is -0.749.